The Hall–Kier alpha value is -0.570. The summed E-state index contributed by atoms with van der Waals surface area (Å²) in [6.45, 7) is 6.08. The zero-order valence-electron chi connectivity index (χ0n) is 10.6. The summed E-state index contributed by atoms with van der Waals surface area (Å²) in [5, 5.41) is 3.36. The van der Waals surface area contributed by atoms with Crippen molar-refractivity contribution in [2.24, 2.45) is 11.8 Å². The van der Waals surface area contributed by atoms with Gasteiger partial charge in [-0.1, -0.05) is 6.42 Å². The highest BCUT2D eigenvalue weighted by molar-refractivity contribution is 5.72. The second-order valence-corrected chi connectivity index (χ2v) is 6.25. The Balaban J connectivity index is 1.70. The average molecular weight is 225 g/mol. The summed E-state index contributed by atoms with van der Waals surface area (Å²) in [5.41, 5.74) is -0.368. The summed E-state index contributed by atoms with van der Waals surface area (Å²) < 4.78 is 5.28. The van der Waals surface area contributed by atoms with Crippen LogP contribution >= 0.6 is 0 Å². The number of hydrogen-bond donors (Lipinski definition) is 1. The van der Waals surface area contributed by atoms with Crippen molar-refractivity contribution in [1.29, 1.82) is 0 Å². The van der Waals surface area contributed by atoms with E-state index in [1.165, 1.54) is 25.7 Å². The van der Waals surface area contributed by atoms with Gasteiger partial charge in [0.05, 0.1) is 6.54 Å². The molecule has 0 saturated heterocycles. The molecule has 0 aliphatic heterocycles. The van der Waals surface area contributed by atoms with Gasteiger partial charge in [0.2, 0.25) is 0 Å². The molecule has 0 amide bonds. The van der Waals surface area contributed by atoms with Gasteiger partial charge in [0, 0.05) is 6.04 Å². The molecule has 3 unspecified atom stereocenters. The van der Waals surface area contributed by atoms with Gasteiger partial charge < -0.3 is 10.1 Å². The summed E-state index contributed by atoms with van der Waals surface area (Å²) in [6, 6.07) is 0.561. The van der Waals surface area contributed by atoms with Crippen LogP contribution in [-0.2, 0) is 9.53 Å². The van der Waals surface area contributed by atoms with Crippen molar-refractivity contribution in [3.63, 3.8) is 0 Å². The molecule has 3 nitrogen and oxygen atoms in total. The molecule has 0 radical (unpaired) electrons. The van der Waals surface area contributed by atoms with E-state index < -0.39 is 0 Å². The lowest BCUT2D eigenvalue weighted by Gasteiger charge is -2.24. The number of esters is 1. The molecule has 0 aromatic rings. The van der Waals surface area contributed by atoms with Crippen LogP contribution < -0.4 is 5.32 Å². The summed E-state index contributed by atoms with van der Waals surface area (Å²) in [5.74, 6) is 1.60. The molecule has 3 heteroatoms. The smallest absolute Gasteiger partial charge is 0.320 e. The molecule has 2 rings (SSSR count). The summed E-state index contributed by atoms with van der Waals surface area (Å²) in [7, 11) is 0. The first-order valence-electron chi connectivity index (χ1n) is 6.39. The molecule has 2 aliphatic rings. The summed E-state index contributed by atoms with van der Waals surface area (Å²) in [4.78, 5) is 11.5. The predicted octanol–water partition coefficient (Wildman–Crippen LogP) is 2.11. The Kier molecular flexibility index (Phi) is 3.24. The molecule has 16 heavy (non-hydrogen) atoms. The fourth-order valence-corrected chi connectivity index (χ4v) is 3.09. The normalized spacial score (nSPS) is 33.1. The van der Waals surface area contributed by atoms with Crippen LogP contribution in [-0.4, -0.2) is 24.2 Å². The highest BCUT2D eigenvalue weighted by Gasteiger charge is 2.39. The fraction of sp³-hybridized carbons (Fsp3) is 0.923. The maximum Gasteiger partial charge on any atom is 0.320 e. The third-order valence-corrected chi connectivity index (χ3v) is 3.67. The van der Waals surface area contributed by atoms with Gasteiger partial charge in [0.1, 0.15) is 5.60 Å². The number of carbonyl (C=O) groups is 1. The Labute approximate surface area is 97.9 Å². The monoisotopic (exact) mass is 225 g/mol. The number of ether oxygens (including phenoxy) is 1. The lowest BCUT2D eigenvalue weighted by Crippen LogP contribution is -2.39. The maximum absolute atomic E-state index is 11.5. The first-order chi connectivity index (χ1) is 7.44. The van der Waals surface area contributed by atoms with Gasteiger partial charge in [-0.05, 0) is 51.9 Å². The molecule has 0 spiro atoms. The third-order valence-electron chi connectivity index (χ3n) is 3.67. The molecule has 2 fully saturated rings. The van der Waals surface area contributed by atoms with Crippen LogP contribution in [0.25, 0.3) is 0 Å². The van der Waals surface area contributed by atoms with Crippen LogP contribution in [0.1, 0.15) is 46.5 Å². The number of rotatable bonds is 3. The van der Waals surface area contributed by atoms with Crippen molar-refractivity contribution in [2.45, 2.75) is 58.1 Å². The summed E-state index contributed by atoms with van der Waals surface area (Å²) in [6.07, 6.45) is 5.37. The summed E-state index contributed by atoms with van der Waals surface area (Å²) >= 11 is 0. The predicted molar refractivity (Wildman–Crippen MR) is 63.1 cm³/mol. The lowest BCUT2D eigenvalue weighted by molar-refractivity contribution is -0.153. The number of carbonyl (C=O) groups excluding carboxylic acids is 1. The van der Waals surface area contributed by atoms with Crippen LogP contribution in [0.15, 0.2) is 0 Å². The Morgan fingerprint density at radius 1 is 1.31 bits per heavy atom. The van der Waals surface area contributed by atoms with Crippen LogP contribution in [0.5, 0.6) is 0 Å². The van der Waals surface area contributed by atoms with Gasteiger partial charge in [-0.3, -0.25) is 4.79 Å². The van der Waals surface area contributed by atoms with E-state index in [1.807, 2.05) is 20.8 Å². The van der Waals surface area contributed by atoms with E-state index in [0.29, 0.717) is 12.6 Å². The third kappa shape index (κ3) is 2.97. The van der Waals surface area contributed by atoms with Gasteiger partial charge >= 0.3 is 5.97 Å². The zero-order valence-corrected chi connectivity index (χ0v) is 10.6. The van der Waals surface area contributed by atoms with Crippen molar-refractivity contribution in [2.75, 3.05) is 6.54 Å². The van der Waals surface area contributed by atoms with Crippen LogP contribution in [0.3, 0.4) is 0 Å². The van der Waals surface area contributed by atoms with E-state index in [2.05, 4.69) is 5.32 Å². The van der Waals surface area contributed by atoms with Crippen molar-refractivity contribution < 1.29 is 9.53 Å². The number of fused-ring (bicyclic) bond motifs is 2. The minimum Gasteiger partial charge on any atom is -0.459 e. The number of hydrogen-bond acceptors (Lipinski definition) is 3. The first kappa shape index (κ1) is 11.9. The van der Waals surface area contributed by atoms with Crippen LogP contribution in [0, 0.1) is 11.8 Å². The molecule has 92 valence electrons. The molecular weight excluding hydrogens is 202 g/mol. The topological polar surface area (TPSA) is 38.3 Å². The Bertz CT molecular complexity index is 270. The molecular formula is C13H23NO2. The molecule has 0 aromatic heterocycles. The molecule has 2 saturated carbocycles. The van der Waals surface area contributed by atoms with Crippen molar-refractivity contribution in [3.8, 4) is 0 Å². The van der Waals surface area contributed by atoms with E-state index >= 15 is 0 Å². The molecule has 2 aliphatic carbocycles. The molecule has 0 heterocycles. The number of nitrogens with one attached hydrogen (secondary N) is 1. The lowest BCUT2D eigenvalue weighted by atomic mass is 9.95. The van der Waals surface area contributed by atoms with E-state index in [9.17, 15) is 4.79 Å². The Morgan fingerprint density at radius 3 is 2.56 bits per heavy atom. The van der Waals surface area contributed by atoms with Crippen LogP contribution in [0.4, 0.5) is 0 Å². The van der Waals surface area contributed by atoms with Gasteiger partial charge in [-0.15, -0.1) is 0 Å². The van der Waals surface area contributed by atoms with Crippen molar-refractivity contribution >= 4 is 5.97 Å². The first-order valence-corrected chi connectivity index (χ1v) is 6.39. The fourth-order valence-electron chi connectivity index (χ4n) is 3.09. The van der Waals surface area contributed by atoms with E-state index in [1.54, 1.807) is 0 Å². The molecule has 1 N–H and O–H groups in total. The van der Waals surface area contributed by atoms with E-state index in [0.717, 1.165) is 11.8 Å². The van der Waals surface area contributed by atoms with Crippen molar-refractivity contribution in [1.82, 2.24) is 5.32 Å². The highest BCUT2D eigenvalue weighted by Crippen LogP contribution is 2.44. The van der Waals surface area contributed by atoms with Gasteiger partial charge in [-0.2, -0.15) is 0 Å². The van der Waals surface area contributed by atoms with Gasteiger partial charge in [0.25, 0.3) is 0 Å². The SMILES string of the molecule is CC(C)(C)OC(=O)CNC1CC2CCC1C2. The second-order valence-electron chi connectivity index (χ2n) is 6.25. The van der Waals surface area contributed by atoms with Gasteiger partial charge in [-0.25, -0.2) is 0 Å². The van der Waals surface area contributed by atoms with Gasteiger partial charge in [0.15, 0.2) is 0 Å². The highest BCUT2D eigenvalue weighted by atomic mass is 16.6. The van der Waals surface area contributed by atoms with Crippen LogP contribution in [0.2, 0.25) is 0 Å². The molecule has 3 atom stereocenters. The molecule has 2 bridgehead atoms. The standard InChI is InChI=1S/C13H23NO2/c1-13(2,3)16-12(15)8-14-11-7-9-4-5-10(11)6-9/h9-11,14H,4-8H2,1-3H3. The Morgan fingerprint density at radius 2 is 2.06 bits per heavy atom. The molecule has 0 aromatic carbocycles. The minimum absolute atomic E-state index is 0.129. The minimum atomic E-state index is -0.368. The average Bonchev–Trinajstić information content (AvgIpc) is 2.72. The maximum atomic E-state index is 11.5. The van der Waals surface area contributed by atoms with E-state index in [-0.39, 0.29) is 11.6 Å². The quantitative estimate of drug-likeness (QED) is 0.748. The largest absolute Gasteiger partial charge is 0.459 e. The van der Waals surface area contributed by atoms with E-state index in [4.69, 9.17) is 4.74 Å². The van der Waals surface area contributed by atoms with Crippen molar-refractivity contribution in [3.05, 3.63) is 0 Å². The second kappa shape index (κ2) is 4.36. The zero-order chi connectivity index (χ0) is 11.8.